The van der Waals surface area contributed by atoms with Crippen molar-refractivity contribution in [3.05, 3.63) is 59.9 Å². The van der Waals surface area contributed by atoms with Crippen molar-refractivity contribution in [3.8, 4) is 0 Å². The van der Waals surface area contributed by atoms with Crippen molar-refractivity contribution in [3.63, 3.8) is 0 Å². The van der Waals surface area contributed by atoms with Crippen LogP contribution in [0.5, 0.6) is 0 Å². The summed E-state index contributed by atoms with van der Waals surface area (Å²) >= 11 is 0. The lowest BCUT2D eigenvalue weighted by Crippen LogP contribution is -2.15. The van der Waals surface area contributed by atoms with Crippen molar-refractivity contribution in [1.82, 2.24) is 0 Å². The zero-order valence-corrected chi connectivity index (χ0v) is 11.2. The fourth-order valence-corrected chi connectivity index (χ4v) is 2.66. The monoisotopic (exact) mass is 319 g/mol. The molecule has 0 radical (unpaired) electrons. The summed E-state index contributed by atoms with van der Waals surface area (Å²) in [5, 5.41) is 0. The quantitative estimate of drug-likeness (QED) is 0.878. The summed E-state index contributed by atoms with van der Waals surface area (Å²) in [5.74, 6) is -1.09. The predicted octanol–water partition coefficient (Wildman–Crippen LogP) is 3.65. The van der Waals surface area contributed by atoms with Gasteiger partial charge in [-0.3, -0.25) is 4.72 Å². The first-order valence-electron chi connectivity index (χ1n) is 5.65. The number of hydrogen-bond acceptors (Lipinski definition) is 2. The average Bonchev–Trinajstić information content (AvgIpc) is 2.41. The molecule has 0 aliphatic rings. The van der Waals surface area contributed by atoms with Crippen LogP contribution in [-0.4, -0.2) is 8.42 Å². The van der Waals surface area contributed by atoms with E-state index in [0.717, 1.165) is 0 Å². The molecule has 0 spiro atoms. The fourth-order valence-electron chi connectivity index (χ4n) is 1.58. The van der Waals surface area contributed by atoms with E-state index in [2.05, 4.69) is 0 Å². The lowest BCUT2D eigenvalue weighted by molar-refractivity contribution is -0.137. The van der Waals surface area contributed by atoms with Crippen LogP contribution in [0.4, 0.5) is 23.2 Å². The molecule has 21 heavy (non-hydrogen) atoms. The minimum absolute atomic E-state index is 0.179. The number of anilines is 1. The first-order chi connectivity index (χ1) is 9.70. The molecular formula is C13H9F4NO2S. The second-order valence-corrected chi connectivity index (χ2v) is 5.79. The van der Waals surface area contributed by atoms with Crippen molar-refractivity contribution in [2.45, 2.75) is 11.1 Å². The summed E-state index contributed by atoms with van der Waals surface area (Å²) in [7, 11) is -4.16. The molecule has 8 heteroatoms. The lowest BCUT2D eigenvalue weighted by atomic mass is 10.2. The third kappa shape index (κ3) is 3.52. The molecule has 0 fully saturated rings. The van der Waals surface area contributed by atoms with E-state index in [1.165, 1.54) is 24.3 Å². The van der Waals surface area contributed by atoms with Gasteiger partial charge in [0.05, 0.1) is 16.1 Å². The van der Waals surface area contributed by atoms with Crippen molar-refractivity contribution in [2.24, 2.45) is 0 Å². The maximum atomic E-state index is 13.5. The highest BCUT2D eigenvalue weighted by Crippen LogP contribution is 2.32. The van der Waals surface area contributed by atoms with Gasteiger partial charge in [-0.05, 0) is 30.3 Å². The highest BCUT2D eigenvalue weighted by atomic mass is 32.2. The maximum absolute atomic E-state index is 13.5. The number of nitrogens with one attached hydrogen (secondary N) is 1. The lowest BCUT2D eigenvalue weighted by Gasteiger charge is -2.12. The molecule has 0 aliphatic heterocycles. The Bertz CT molecular complexity index is 743. The Hall–Kier alpha value is -2.09. The topological polar surface area (TPSA) is 46.2 Å². The molecule has 2 aromatic rings. The minimum atomic E-state index is -4.69. The predicted molar refractivity (Wildman–Crippen MR) is 68.7 cm³/mol. The van der Waals surface area contributed by atoms with Crippen LogP contribution in [-0.2, 0) is 16.2 Å². The van der Waals surface area contributed by atoms with Gasteiger partial charge in [0.2, 0.25) is 0 Å². The first kappa shape index (κ1) is 15.3. The molecule has 0 saturated heterocycles. The molecular weight excluding hydrogens is 310 g/mol. The van der Waals surface area contributed by atoms with Crippen LogP contribution in [0.1, 0.15) is 5.56 Å². The Balaban J connectivity index is 2.40. The van der Waals surface area contributed by atoms with Crippen molar-refractivity contribution >= 4 is 15.7 Å². The zero-order valence-electron chi connectivity index (χ0n) is 10.4. The van der Waals surface area contributed by atoms with Crippen molar-refractivity contribution in [1.29, 1.82) is 0 Å². The van der Waals surface area contributed by atoms with Gasteiger partial charge in [0.15, 0.2) is 0 Å². The molecule has 2 aromatic carbocycles. The smallest absolute Gasteiger partial charge is 0.277 e. The number of sulfonamides is 1. The maximum Gasteiger partial charge on any atom is 0.416 e. The fraction of sp³-hybridized carbons (Fsp3) is 0.0769. The molecule has 0 aromatic heterocycles. The van der Waals surface area contributed by atoms with Gasteiger partial charge in [0, 0.05) is 0 Å². The number of alkyl halides is 3. The van der Waals surface area contributed by atoms with E-state index in [9.17, 15) is 26.0 Å². The summed E-state index contributed by atoms with van der Waals surface area (Å²) in [6.45, 7) is 0. The molecule has 0 saturated carbocycles. The Kier molecular flexibility index (Phi) is 3.91. The second-order valence-electron chi connectivity index (χ2n) is 4.11. The molecule has 1 N–H and O–H groups in total. The van der Waals surface area contributed by atoms with E-state index < -0.39 is 33.3 Å². The first-order valence-corrected chi connectivity index (χ1v) is 7.13. The zero-order chi connectivity index (χ0) is 15.7. The standard InChI is InChI=1S/C13H9F4NO2S/c14-11-7-6-9(13(15,16)17)8-12(11)18-21(19,20)10-4-2-1-3-5-10/h1-8,18H. The number of benzene rings is 2. The Morgan fingerprint density at radius 1 is 0.952 bits per heavy atom. The van der Waals surface area contributed by atoms with Gasteiger partial charge in [-0.2, -0.15) is 13.2 Å². The molecule has 0 amide bonds. The van der Waals surface area contributed by atoms with E-state index in [4.69, 9.17) is 0 Å². The molecule has 0 aliphatic carbocycles. The van der Waals surface area contributed by atoms with E-state index in [1.54, 1.807) is 6.07 Å². The Morgan fingerprint density at radius 2 is 1.57 bits per heavy atom. The largest absolute Gasteiger partial charge is 0.416 e. The Labute approximate surface area is 118 Å². The number of hydrogen-bond donors (Lipinski definition) is 1. The summed E-state index contributed by atoms with van der Waals surface area (Å²) in [6.07, 6.45) is -4.69. The molecule has 3 nitrogen and oxygen atoms in total. The van der Waals surface area contributed by atoms with E-state index in [0.29, 0.717) is 18.2 Å². The van der Waals surface area contributed by atoms with Gasteiger partial charge in [-0.1, -0.05) is 18.2 Å². The van der Waals surface area contributed by atoms with Crippen LogP contribution in [0.25, 0.3) is 0 Å². The van der Waals surface area contributed by atoms with Crippen LogP contribution in [0.15, 0.2) is 53.4 Å². The van der Waals surface area contributed by atoms with Crippen LogP contribution >= 0.6 is 0 Å². The summed E-state index contributed by atoms with van der Waals surface area (Å²) in [4.78, 5) is -0.179. The van der Waals surface area contributed by atoms with Crippen LogP contribution in [0, 0.1) is 5.82 Å². The Morgan fingerprint density at radius 3 is 2.14 bits per heavy atom. The second kappa shape index (κ2) is 5.36. The van der Waals surface area contributed by atoms with Crippen LogP contribution in [0.2, 0.25) is 0 Å². The summed E-state index contributed by atoms with van der Waals surface area (Å²) in [5.41, 5.74) is -1.90. The van der Waals surface area contributed by atoms with Gasteiger partial charge >= 0.3 is 6.18 Å². The molecule has 0 atom stereocenters. The average molecular weight is 319 g/mol. The molecule has 0 heterocycles. The third-order valence-corrected chi connectivity index (χ3v) is 3.97. The van der Waals surface area contributed by atoms with E-state index in [1.807, 2.05) is 4.72 Å². The number of halogens is 4. The van der Waals surface area contributed by atoms with Gasteiger partial charge in [0.25, 0.3) is 10.0 Å². The van der Waals surface area contributed by atoms with Crippen molar-refractivity contribution < 1.29 is 26.0 Å². The SMILES string of the molecule is O=S(=O)(Nc1cc(C(F)(F)F)ccc1F)c1ccccc1. The third-order valence-electron chi connectivity index (χ3n) is 2.59. The molecule has 112 valence electrons. The van der Waals surface area contributed by atoms with Crippen LogP contribution in [0.3, 0.4) is 0 Å². The van der Waals surface area contributed by atoms with E-state index in [-0.39, 0.29) is 4.90 Å². The summed E-state index contributed by atoms with van der Waals surface area (Å²) < 4.78 is 76.9. The van der Waals surface area contributed by atoms with Crippen LogP contribution < -0.4 is 4.72 Å². The summed E-state index contributed by atoms with van der Waals surface area (Å²) in [6, 6.07) is 8.46. The highest BCUT2D eigenvalue weighted by molar-refractivity contribution is 7.92. The molecule has 0 bridgehead atoms. The van der Waals surface area contributed by atoms with Gasteiger partial charge in [-0.25, -0.2) is 12.8 Å². The normalized spacial score (nSPS) is 12.2. The van der Waals surface area contributed by atoms with Gasteiger partial charge in [0.1, 0.15) is 5.82 Å². The van der Waals surface area contributed by atoms with Gasteiger partial charge in [-0.15, -0.1) is 0 Å². The number of rotatable bonds is 3. The highest BCUT2D eigenvalue weighted by Gasteiger charge is 2.31. The molecule has 2 rings (SSSR count). The van der Waals surface area contributed by atoms with Gasteiger partial charge < -0.3 is 0 Å². The van der Waals surface area contributed by atoms with Crippen molar-refractivity contribution in [2.75, 3.05) is 4.72 Å². The minimum Gasteiger partial charge on any atom is -0.277 e. The van der Waals surface area contributed by atoms with E-state index >= 15 is 0 Å². The molecule has 0 unspecified atom stereocenters.